The van der Waals surface area contributed by atoms with Gasteiger partial charge in [-0.25, -0.2) is 24.0 Å². The van der Waals surface area contributed by atoms with Crippen molar-refractivity contribution in [3.8, 4) is 0 Å². The summed E-state index contributed by atoms with van der Waals surface area (Å²) in [6.07, 6.45) is -8.06. The number of aliphatic hydroxyl groups excluding tert-OH is 20. The molecule has 0 aliphatic carbocycles. The van der Waals surface area contributed by atoms with E-state index < -0.39 is 157 Å². The summed E-state index contributed by atoms with van der Waals surface area (Å²) in [6, 6.07) is 0. The third-order valence-corrected chi connectivity index (χ3v) is 4.96. The Hall–Kier alpha value is -4.75. The van der Waals surface area contributed by atoms with Crippen molar-refractivity contribution in [3.63, 3.8) is 0 Å². The first-order valence-electron chi connectivity index (χ1n) is 17.1. The van der Waals surface area contributed by atoms with Crippen molar-refractivity contribution in [2.75, 3.05) is 66.1 Å². The summed E-state index contributed by atoms with van der Waals surface area (Å²) in [7, 11) is 0. The van der Waals surface area contributed by atoms with Crippen molar-refractivity contribution < 1.29 is 152 Å². The zero-order valence-corrected chi connectivity index (χ0v) is 35.0. The van der Waals surface area contributed by atoms with Crippen molar-refractivity contribution in [2.45, 2.75) is 61.0 Å². The summed E-state index contributed by atoms with van der Waals surface area (Å²) in [5.41, 5.74) is 0. The summed E-state index contributed by atoms with van der Waals surface area (Å²) >= 11 is 0. The first kappa shape index (κ1) is 83.8. The molecule has 10 atom stereocenters. The van der Waals surface area contributed by atoms with Crippen LogP contribution in [-0.4, -0.2) is 285 Å². The van der Waals surface area contributed by atoms with Crippen LogP contribution in [0.25, 0.3) is 0 Å². The first-order valence-corrected chi connectivity index (χ1v) is 17.1. The van der Waals surface area contributed by atoms with Gasteiger partial charge >= 0.3 is 29.8 Å². The van der Waals surface area contributed by atoms with Gasteiger partial charge in [0.2, 0.25) is 0 Å². The molecule has 0 unspecified atom stereocenters. The van der Waals surface area contributed by atoms with Gasteiger partial charge in [0.25, 0.3) is 0 Å². The Morgan fingerprint density at radius 3 is 0.308 bits per heavy atom. The van der Waals surface area contributed by atoms with Crippen LogP contribution >= 0.6 is 0 Å². The third-order valence-electron chi connectivity index (χ3n) is 4.96. The average Bonchev–Trinajstić information content (AvgIpc) is 3.32. The van der Waals surface area contributed by atoms with Gasteiger partial charge in [0.05, 0.1) is 66.1 Å². The topological polar surface area (TPSA) is 591 Å². The molecule has 0 aromatic rings. The number of aliphatic hydroxyl groups is 20. The van der Waals surface area contributed by atoms with E-state index in [9.17, 15) is 24.0 Å². The van der Waals surface area contributed by atoms with Crippen LogP contribution in [0.3, 0.4) is 0 Å². The van der Waals surface area contributed by atoms with Crippen molar-refractivity contribution >= 4 is 29.8 Å². The van der Waals surface area contributed by atoms with Gasteiger partial charge < -0.3 is 128 Å². The molecule has 0 spiro atoms. The number of rotatable bonds is 20. The van der Waals surface area contributed by atoms with Gasteiger partial charge in [-0.3, -0.25) is 0 Å². The van der Waals surface area contributed by atoms with Crippen molar-refractivity contribution in [2.24, 2.45) is 0 Å². The van der Waals surface area contributed by atoms with Gasteiger partial charge in [0.15, 0.2) is 0 Å². The van der Waals surface area contributed by atoms with Gasteiger partial charge in [-0.2, -0.15) is 0 Å². The maximum absolute atomic E-state index is 9.25. The van der Waals surface area contributed by atoms with Gasteiger partial charge in [-0.1, -0.05) is 32.9 Å². The molecule has 0 amide bonds. The standard InChI is InChI=1S/5C4H10O4.5C3H4O2/c5*5-1-3(7)4(8)2-6;5*1-2-3(4)5/h5*3-8H,1-2H2;5*2H,1H2,(H,4,5)/t5*3-,4+;;;;;. The van der Waals surface area contributed by atoms with E-state index in [2.05, 4.69) is 32.9 Å². The van der Waals surface area contributed by atoms with E-state index in [1.54, 1.807) is 0 Å². The second-order valence-electron chi connectivity index (χ2n) is 10.2. The van der Waals surface area contributed by atoms with Crippen LogP contribution in [0.5, 0.6) is 0 Å². The second kappa shape index (κ2) is 65.9. The Bertz CT molecular complexity index is 887. The number of aliphatic carboxylic acids is 5. The Balaban J connectivity index is -0.0000000651. The Morgan fingerprint density at radius 1 is 0.246 bits per heavy atom. The Labute approximate surface area is 371 Å². The minimum Gasteiger partial charge on any atom is -0.478 e. The van der Waals surface area contributed by atoms with Gasteiger partial charge in [-0.15, -0.1) is 0 Å². The maximum atomic E-state index is 9.25. The quantitative estimate of drug-likeness (QED) is 0.0504. The maximum Gasteiger partial charge on any atom is 0.327 e. The Morgan fingerprint density at radius 2 is 0.292 bits per heavy atom. The number of carboxylic acids is 5. The molecule has 0 aromatic heterocycles. The van der Waals surface area contributed by atoms with Crippen LogP contribution < -0.4 is 0 Å². The fourth-order valence-electron chi connectivity index (χ4n) is 1.22. The molecule has 30 heteroatoms. The lowest BCUT2D eigenvalue weighted by atomic mass is 10.2. The fourth-order valence-corrected chi connectivity index (χ4v) is 1.22. The smallest absolute Gasteiger partial charge is 0.327 e. The molecular weight excluding hydrogens is 900 g/mol. The van der Waals surface area contributed by atoms with E-state index in [0.29, 0.717) is 0 Å². The average molecular weight is 971 g/mol. The molecule has 0 rings (SSSR count). The van der Waals surface area contributed by atoms with E-state index in [4.69, 9.17) is 128 Å². The highest BCUT2D eigenvalue weighted by Crippen LogP contribution is 1.91. The molecule has 25 N–H and O–H groups in total. The predicted octanol–water partition coefficient (Wildman–Crippen LogP) is -10.3. The largest absolute Gasteiger partial charge is 0.478 e. The molecule has 30 nitrogen and oxygen atoms in total. The monoisotopic (exact) mass is 970 g/mol. The van der Waals surface area contributed by atoms with Crippen molar-refractivity contribution in [1.29, 1.82) is 0 Å². The molecule has 390 valence electrons. The summed E-state index contributed by atoms with van der Waals surface area (Å²) in [4.78, 5) is 46.2. The normalized spacial score (nSPS) is 13.5. The fraction of sp³-hybridized carbons (Fsp3) is 0.571. The molecule has 0 bridgehead atoms. The number of carboxylic acid groups (broad SMARTS) is 5. The van der Waals surface area contributed by atoms with E-state index in [1.807, 2.05) is 0 Å². The summed E-state index contributed by atoms with van der Waals surface area (Å²) in [5, 5.41) is 204. The third kappa shape index (κ3) is 94.8. The number of hydrogen-bond donors (Lipinski definition) is 25. The molecule has 0 heterocycles. The van der Waals surface area contributed by atoms with E-state index in [-0.39, 0.29) is 0 Å². The highest BCUT2D eigenvalue weighted by molar-refractivity contribution is 5.80. The lowest BCUT2D eigenvalue weighted by Gasteiger charge is -2.10. The Kier molecular flexibility index (Phi) is 84.9. The summed E-state index contributed by atoms with van der Waals surface area (Å²) in [5.74, 6) is -4.91. The van der Waals surface area contributed by atoms with Crippen LogP contribution in [0.1, 0.15) is 0 Å². The minimum atomic E-state index is -1.22. The summed E-state index contributed by atoms with van der Waals surface area (Å²) < 4.78 is 0. The van der Waals surface area contributed by atoms with Gasteiger partial charge in [-0.05, 0) is 0 Å². The molecule has 65 heavy (non-hydrogen) atoms. The van der Waals surface area contributed by atoms with E-state index in [0.717, 1.165) is 30.4 Å². The second-order valence-corrected chi connectivity index (χ2v) is 10.2. The predicted molar refractivity (Wildman–Crippen MR) is 220 cm³/mol. The lowest BCUT2D eigenvalue weighted by molar-refractivity contribution is -0.132. The van der Waals surface area contributed by atoms with Crippen LogP contribution in [0.4, 0.5) is 0 Å². The van der Waals surface area contributed by atoms with Gasteiger partial charge in [0.1, 0.15) is 61.0 Å². The number of carbonyl (C=O) groups is 5. The molecule has 0 aliphatic heterocycles. The van der Waals surface area contributed by atoms with Crippen LogP contribution in [0.2, 0.25) is 0 Å². The van der Waals surface area contributed by atoms with Crippen molar-refractivity contribution in [3.05, 3.63) is 63.3 Å². The zero-order valence-electron chi connectivity index (χ0n) is 35.0. The highest BCUT2D eigenvalue weighted by atomic mass is 16.4. The highest BCUT2D eigenvalue weighted by Gasteiger charge is 2.14. The van der Waals surface area contributed by atoms with Crippen LogP contribution in [-0.2, 0) is 24.0 Å². The van der Waals surface area contributed by atoms with E-state index >= 15 is 0 Å². The molecule has 0 fully saturated rings. The molecule has 0 saturated heterocycles. The number of hydrogen-bond acceptors (Lipinski definition) is 25. The zero-order chi connectivity index (χ0) is 54.3. The SMILES string of the molecule is C=CC(=O)O.C=CC(=O)O.C=CC(=O)O.C=CC(=O)O.C=CC(=O)O.OC[C@@H](O)[C@@H](O)CO.OC[C@@H](O)[C@@H](O)CO.OC[C@@H](O)[C@@H](O)CO.OC[C@@H](O)[C@@H](O)CO.OC[C@@H](O)[C@@H](O)CO. The van der Waals surface area contributed by atoms with Crippen molar-refractivity contribution in [1.82, 2.24) is 0 Å². The minimum absolute atomic E-state index is 0.526. The molecule has 0 saturated carbocycles. The van der Waals surface area contributed by atoms with Gasteiger partial charge in [0, 0.05) is 30.4 Å². The van der Waals surface area contributed by atoms with Crippen LogP contribution in [0, 0.1) is 0 Å². The first-order chi connectivity index (χ1) is 29.9. The molecular formula is C35H70O30. The molecule has 0 aliphatic rings. The molecule has 0 radical (unpaired) electrons. The summed E-state index contributed by atoms with van der Waals surface area (Å²) in [6.45, 7) is 9.54. The lowest BCUT2D eigenvalue weighted by Crippen LogP contribution is -2.31. The molecule has 0 aromatic carbocycles. The van der Waals surface area contributed by atoms with Crippen LogP contribution in [0.15, 0.2) is 63.3 Å². The van der Waals surface area contributed by atoms with E-state index in [1.165, 1.54) is 0 Å².